The Kier molecular flexibility index (Phi) is 6.02. The van der Waals surface area contributed by atoms with Crippen molar-refractivity contribution in [1.29, 1.82) is 0 Å². The van der Waals surface area contributed by atoms with Gasteiger partial charge in [0, 0.05) is 11.5 Å². The highest BCUT2D eigenvalue weighted by Gasteiger charge is 2.22. The molecule has 3 nitrogen and oxygen atoms in total. The summed E-state index contributed by atoms with van der Waals surface area (Å²) in [4.78, 5) is 11.8. The molecule has 0 unspecified atom stereocenters. The van der Waals surface area contributed by atoms with Gasteiger partial charge in [0.1, 0.15) is 5.75 Å². The number of nitrogens with one attached hydrogen (secondary N) is 1. The molecular formula is C21H27NO2. The number of amides is 1. The maximum Gasteiger partial charge on any atom is 0.258 e. The third-order valence-corrected chi connectivity index (χ3v) is 4.46. The number of rotatable bonds is 7. The molecular weight excluding hydrogens is 298 g/mol. The first kappa shape index (κ1) is 18.1. The van der Waals surface area contributed by atoms with E-state index < -0.39 is 0 Å². The minimum atomic E-state index is -0.0851. The summed E-state index contributed by atoms with van der Waals surface area (Å²) < 4.78 is 5.57. The topological polar surface area (TPSA) is 38.3 Å². The summed E-state index contributed by atoms with van der Waals surface area (Å²) in [6, 6.07) is 18.6. The molecule has 0 bridgehead atoms. The van der Waals surface area contributed by atoms with Crippen LogP contribution in [0.15, 0.2) is 54.6 Å². The van der Waals surface area contributed by atoms with Gasteiger partial charge in [0.2, 0.25) is 0 Å². The van der Waals surface area contributed by atoms with Crippen LogP contribution in [0, 0.1) is 0 Å². The Balaban J connectivity index is 1.99. The number of carbonyl (C=O) groups is 1. The summed E-state index contributed by atoms with van der Waals surface area (Å²) in [6.45, 7) is 8.48. The van der Waals surface area contributed by atoms with E-state index in [0.29, 0.717) is 5.75 Å². The Bertz CT molecular complexity index is 647. The number of hydrogen-bond donors (Lipinski definition) is 1. The Morgan fingerprint density at radius 3 is 2.21 bits per heavy atom. The molecule has 0 spiro atoms. The summed E-state index contributed by atoms with van der Waals surface area (Å²) in [6.07, 6.45) is 0.912. The minimum absolute atomic E-state index is 0.0474. The van der Waals surface area contributed by atoms with Crippen molar-refractivity contribution in [3.05, 3.63) is 65.7 Å². The molecule has 128 valence electrons. The zero-order valence-electron chi connectivity index (χ0n) is 15.0. The molecule has 0 heterocycles. The molecule has 0 saturated carbocycles. The number of carbonyl (C=O) groups excluding carboxylic acids is 1. The first-order chi connectivity index (χ1) is 11.4. The van der Waals surface area contributed by atoms with Crippen LogP contribution in [0.4, 0.5) is 0 Å². The van der Waals surface area contributed by atoms with Crippen LogP contribution in [0.5, 0.6) is 5.75 Å². The average molecular weight is 325 g/mol. The van der Waals surface area contributed by atoms with E-state index in [0.717, 1.165) is 6.42 Å². The van der Waals surface area contributed by atoms with Gasteiger partial charge < -0.3 is 10.1 Å². The van der Waals surface area contributed by atoms with Gasteiger partial charge >= 0.3 is 0 Å². The van der Waals surface area contributed by atoms with Crippen molar-refractivity contribution in [2.24, 2.45) is 0 Å². The molecule has 0 fully saturated rings. The van der Waals surface area contributed by atoms with E-state index in [4.69, 9.17) is 4.74 Å². The quantitative estimate of drug-likeness (QED) is 0.824. The lowest BCUT2D eigenvalue weighted by Gasteiger charge is -2.26. The lowest BCUT2D eigenvalue weighted by molar-refractivity contribution is -0.123. The molecule has 24 heavy (non-hydrogen) atoms. The maximum atomic E-state index is 11.8. The molecule has 0 aliphatic carbocycles. The summed E-state index contributed by atoms with van der Waals surface area (Å²) in [7, 11) is 0. The fourth-order valence-corrected chi connectivity index (χ4v) is 2.56. The second-order valence-electron chi connectivity index (χ2n) is 6.68. The summed E-state index contributed by atoms with van der Waals surface area (Å²) >= 11 is 0. The second kappa shape index (κ2) is 8.00. The minimum Gasteiger partial charge on any atom is -0.484 e. The van der Waals surface area contributed by atoms with Crippen molar-refractivity contribution in [3.8, 4) is 5.75 Å². The first-order valence-electron chi connectivity index (χ1n) is 8.51. The van der Waals surface area contributed by atoms with Gasteiger partial charge in [-0.05, 0) is 36.6 Å². The van der Waals surface area contributed by atoms with Crippen LogP contribution in [-0.4, -0.2) is 18.6 Å². The highest BCUT2D eigenvalue weighted by molar-refractivity contribution is 5.77. The van der Waals surface area contributed by atoms with Crippen molar-refractivity contribution in [2.75, 3.05) is 6.61 Å². The van der Waals surface area contributed by atoms with Crippen LogP contribution in [-0.2, 0) is 10.2 Å². The standard InChI is InChI=1S/C21H27NO2/c1-5-16(2)22-20(23)15-24-19-13-11-18(12-14-19)21(3,4)17-9-7-6-8-10-17/h6-14,16H,5,15H2,1-4H3,(H,22,23)/t16-/m0/s1. The molecule has 0 aliphatic heterocycles. The van der Waals surface area contributed by atoms with Crippen molar-refractivity contribution < 1.29 is 9.53 Å². The molecule has 3 heteroatoms. The molecule has 2 rings (SSSR count). The third kappa shape index (κ3) is 4.60. The molecule has 0 aromatic heterocycles. The monoisotopic (exact) mass is 325 g/mol. The zero-order chi connectivity index (χ0) is 17.6. The summed E-state index contributed by atoms with van der Waals surface area (Å²) in [5, 5.41) is 2.89. The van der Waals surface area contributed by atoms with E-state index in [1.807, 2.05) is 32.0 Å². The number of hydrogen-bond acceptors (Lipinski definition) is 2. The largest absolute Gasteiger partial charge is 0.484 e. The van der Waals surface area contributed by atoms with Crippen LogP contribution >= 0.6 is 0 Å². The van der Waals surface area contributed by atoms with Crippen molar-refractivity contribution >= 4 is 5.91 Å². The number of ether oxygens (including phenoxy) is 1. The molecule has 0 aliphatic rings. The van der Waals surface area contributed by atoms with Gasteiger partial charge in [-0.25, -0.2) is 0 Å². The third-order valence-electron chi connectivity index (χ3n) is 4.46. The Morgan fingerprint density at radius 1 is 1.04 bits per heavy atom. The summed E-state index contributed by atoms with van der Waals surface area (Å²) in [5.41, 5.74) is 2.41. The van der Waals surface area contributed by atoms with Gasteiger partial charge in [0.15, 0.2) is 6.61 Å². The van der Waals surface area contributed by atoms with E-state index in [1.54, 1.807) is 0 Å². The van der Waals surface area contributed by atoms with Gasteiger partial charge in [-0.3, -0.25) is 4.79 Å². The fourth-order valence-electron chi connectivity index (χ4n) is 2.56. The highest BCUT2D eigenvalue weighted by atomic mass is 16.5. The Labute approximate surface area is 145 Å². The van der Waals surface area contributed by atoms with E-state index >= 15 is 0 Å². The lowest BCUT2D eigenvalue weighted by atomic mass is 9.78. The van der Waals surface area contributed by atoms with Crippen LogP contribution in [0.1, 0.15) is 45.2 Å². The predicted molar refractivity (Wildman–Crippen MR) is 98.4 cm³/mol. The van der Waals surface area contributed by atoms with Gasteiger partial charge in [0.05, 0.1) is 0 Å². The molecule has 0 saturated heterocycles. The van der Waals surface area contributed by atoms with Gasteiger partial charge in [-0.15, -0.1) is 0 Å². The van der Waals surface area contributed by atoms with Crippen LogP contribution < -0.4 is 10.1 Å². The lowest BCUT2D eigenvalue weighted by Crippen LogP contribution is -2.35. The van der Waals surface area contributed by atoms with Crippen LogP contribution in [0.25, 0.3) is 0 Å². The van der Waals surface area contributed by atoms with Crippen LogP contribution in [0.3, 0.4) is 0 Å². The first-order valence-corrected chi connectivity index (χ1v) is 8.51. The van der Waals surface area contributed by atoms with Crippen molar-refractivity contribution in [3.63, 3.8) is 0 Å². The molecule has 2 aromatic carbocycles. The predicted octanol–water partition coefficient (Wildman–Crippen LogP) is 4.31. The molecule has 1 atom stereocenters. The Hall–Kier alpha value is -2.29. The van der Waals surface area contributed by atoms with E-state index in [-0.39, 0.29) is 24.0 Å². The van der Waals surface area contributed by atoms with E-state index in [2.05, 4.69) is 55.6 Å². The summed E-state index contributed by atoms with van der Waals surface area (Å²) in [5.74, 6) is 0.625. The van der Waals surface area contributed by atoms with Gasteiger partial charge in [-0.1, -0.05) is 63.2 Å². The maximum absolute atomic E-state index is 11.8. The second-order valence-corrected chi connectivity index (χ2v) is 6.68. The van der Waals surface area contributed by atoms with Gasteiger partial charge in [-0.2, -0.15) is 0 Å². The highest BCUT2D eigenvalue weighted by Crippen LogP contribution is 2.32. The molecule has 2 aromatic rings. The van der Waals surface area contributed by atoms with Crippen molar-refractivity contribution in [1.82, 2.24) is 5.32 Å². The molecule has 0 radical (unpaired) electrons. The SMILES string of the molecule is CC[C@H](C)NC(=O)COc1ccc(C(C)(C)c2ccccc2)cc1. The normalized spacial score (nSPS) is 12.5. The smallest absolute Gasteiger partial charge is 0.258 e. The van der Waals surface area contributed by atoms with E-state index in [9.17, 15) is 4.79 Å². The molecule has 1 amide bonds. The van der Waals surface area contributed by atoms with Crippen LogP contribution in [0.2, 0.25) is 0 Å². The van der Waals surface area contributed by atoms with Gasteiger partial charge in [0.25, 0.3) is 5.91 Å². The number of benzene rings is 2. The fraction of sp³-hybridized carbons (Fsp3) is 0.381. The molecule has 1 N–H and O–H groups in total. The van der Waals surface area contributed by atoms with Crippen molar-refractivity contribution in [2.45, 2.75) is 45.6 Å². The Morgan fingerprint density at radius 2 is 1.62 bits per heavy atom. The van der Waals surface area contributed by atoms with E-state index in [1.165, 1.54) is 11.1 Å². The average Bonchev–Trinajstić information content (AvgIpc) is 2.61. The zero-order valence-corrected chi connectivity index (χ0v) is 15.0.